The molecule has 2 rings (SSSR count). The van der Waals surface area contributed by atoms with Gasteiger partial charge in [0.15, 0.2) is 6.61 Å². The van der Waals surface area contributed by atoms with Crippen LogP contribution in [0.3, 0.4) is 0 Å². The van der Waals surface area contributed by atoms with E-state index >= 15 is 0 Å². The Balaban J connectivity index is 2.02. The van der Waals surface area contributed by atoms with Gasteiger partial charge in [-0.2, -0.15) is 0 Å². The van der Waals surface area contributed by atoms with Crippen LogP contribution in [0.5, 0.6) is 5.75 Å². The molecule has 0 unspecified atom stereocenters. The molecule has 0 atom stereocenters. The minimum Gasteiger partial charge on any atom is -0.482 e. The molecule has 1 N–H and O–H groups in total. The summed E-state index contributed by atoms with van der Waals surface area (Å²) in [6.07, 6.45) is 0. The number of nitrogens with one attached hydrogen (secondary N) is 1. The minimum atomic E-state index is -0.179. The largest absolute Gasteiger partial charge is 0.482 e. The van der Waals surface area contributed by atoms with Crippen molar-refractivity contribution in [3.63, 3.8) is 0 Å². The summed E-state index contributed by atoms with van der Waals surface area (Å²) in [4.78, 5) is 12.1. The molecule has 2 aromatic rings. The summed E-state index contributed by atoms with van der Waals surface area (Å²) < 4.78 is 7.42. The lowest BCUT2D eigenvalue weighted by Gasteiger charge is -2.13. The van der Waals surface area contributed by atoms with E-state index < -0.39 is 0 Å². The van der Waals surface area contributed by atoms with Gasteiger partial charge >= 0.3 is 0 Å². The van der Waals surface area contributed by atoms with Crippen LogP contribution in [0.15, 0.2) is 39.3 Å². The number of carbonyl (C=O) groups excluding carboxylic acids is 1. The van der Waals surface area contributed by atoms with Gasteiger partial charge in [0.2, 0.25) is 0 Å². The molecule has 2 aromatic carbocycles. The fraction of sp³-hybridized carbons (Fsp3) is 0.235. The predicted octanol–water partition coefficient (Wildman–Crippen LogP) is 5.15. The quantitative estimate of drug-likeness (QED) is 0.733. The number of benzene rings is 2. The summed E-state index contributed by atoms with van der Waals surface area (Å²) in [5, 5.41) is 2.87. The van der Waals surface area contributed by atoms with Gasteiger partial charge in [0.1, 0.15) is 5.75 Å². The highest BCUT2D eigenvalue weighted by atomic mass is 79.9. The molecule has 0 aliphatic carbocycles. The first kappa shape index (κ1) is 17.0. The maximum Gasteiger partial charge on any atom is 0.262 e. The molecule has 0 spiro atoms. The average Bonchev–Trinajstić information content (AvgIpc) is 2.40. The van der Waals surface area contributed by atoms with E-state index in [0.717, 1.165) is 25.8 Å². The van der Waals surface area contributed by atoms with Crippen molar-refractivity contribution in [1.29, 1.82) is 0 Å². The Labute approximate surface area is 147 Å². The topological polar surface area (TPSA) is 38.3 Å². The van der Waals surface area contributed by atoms with Crippen LogP contribution in [0, 0.1) is 20.8 Å². The molecule has 5 heteroatoms. The Morgan fingerprint density at radius 1 is 1.09 bits per heavy atom. The van der Waals surface area contributed by atoms with Gasteiger partial charge < -0.3 is 10.1 Å². The highest BCUT2D eigenvalue weighted by Gasteiger charge is 2.10. The van der Waals surface area contributed by atoms with Gasteiger partial charge in [0.25, 0.3) is 5.91 Å². The van der Waals surface area contributed by atoms with Crippen LogP contribution in [-0.2, 0) is 4.79 Å². The monoisotopic (exact) mass is 425 g/mol. The van der Waals surface area contributed by atoms with Crippen molar-refractivity contribution in [3.8, 4) is 5.75 Å². The van der Waals surface area contributed by atoms with Crippen molar-refractivity contribution in [1.82, 2.24) is 0 Å². The van der Waals surface area contributed by atoms with E-state index in [0.29, 0.717) is 5.75 Å². The van der Waals surface area contributed by atoms with Gasteiger partial charge in [-0.25, -0.2) is 0 Å². The highest BCUT2D eigenvalue weighted by Crippen LogP contribution is 2.32. The summed E-state index contributed by atoms with van der Waals surface area (Å²) in [6.45, 7) is 5.90. The van der Waals surface area contributed by atoms with Crippen LogP contribution in [0.1, 0.15) is 16.7 Å². The zero-order valence-corrected chi connectivity index (χ0v) is 15.8. The Morgan fingerprint density at radius 3 is 2.45 bits per heavy atom. The van der Waals surface area contributed by atoms with Crippen molar-refractivity contribution in [2.24, 2.45) is 0 Å². The first-order valence-electron chi connectivity index (χ1n) is 6.82. The zero-order chi connectivity index (χ0) is 16.3. The summed E-state index contributed by atoms with van der Waals surface area (Å²) >= 11 is 6.87. The van der Waals surface area contributed by atoms with Crippen LogP contribution < -0.4 is 10.1 Å². The number of aryl methyl sites for hydroxylation is 3. The van der Waals surface area contributed by atoms with Crippen LogP contribution in [-0.4, -0.2) is 12.5 Å². The first-order valence-corrected chi connectivity index (χ1v) is 8.41. The number of halogens is 2. The van der Waals surface area contributed by atoms with Gasteiger partial charge in [-0.15, -0.1) is 0 Å². The normalized spacial score (nSPS) is 10.4. The fourth-order valence-corrected chi connectivity index (χ4v) is 3.70. The number of amides is 1. The van der Waals surface area contributed by atoms with Gasteiger partial charge in [0, 0.05) is 10.2 Å². The lowest BCUT2D eigenvalue weighted by molar-refractivity contribution is -0.118. The maximum absolute atomic E-state index is 12.1. The maximum atomic E-state index is 12.1. The van der Waals surface area contributed by atoms with E-state index in [-0.39, 0.29) is 12.5 Å². The second kappa shape index (κ2) is 7.29. The molecular formula is C17H17Br2NO2. The molecule has 22 heavy (non-hydrogen) atoms. The minimum absolute atomic E-state index is 0.0333. The SMILES string of the molecule is Cc1ccc(NC(=O)COc2c(C)cc(Br)cc2Br)c(C)c1. The molecule has 0 aromatic heterocycles. The van der Waals surface area contributed by atoms with Crippen molar-refractivity contribution >= 4 is 43.5 Å². The third kappa shape index (κ3) is 4.34. The van der Waals surface area contributed by atoms with E-state index in [9.17, 15) is 4.79 Å². The number of ether oxygens (including phenoxy) is 1. The van der Waals surface area contributed by atoms with E-state index in [2.05, 4.69) is 37.2 Å². The van der Waals surface area contributed by atoms with E-state index in [4.69, 9.17) is 4.74 Å². The molecule has 0 radical (unpaired) electrons. The number of hydrogen-bond acceptors (Lipinski definition) is 2. The molecule has 0 fully saturated rings. The third-order valence-electron chi connectivity index (χ3n) is 3.20. The molecular weight excluding hydrogens is 410 g/mol. The predicted molar refractivity (Wildman–Crippen MR) is 96.6 cm³/mol. The second-order valence-corrected chi connectivity index (χ2v) is 6.96. The van der Waals surface area contributed by atoms with Crippen LogP contribution in [0.25, 0.3) is 0 Å². The third-order valence-corrected chi connectivity index (χ3v) is 4.24. The Morgan fingerprint density at radius 2 is 1.82 bits per heavy atom. The van der Waals surface area contributed by atoms with Gasteiger partial charge in [-0.1, -0.05) is 33.6 Å². The number of hydrogen-bond donors (Lipinski definition) is 1. The Kier molecular flexibility index (Phi) is 5.64. The highest BCUT2D eigenvalue weighted by molar-refractivity contribution is 9.11. The number of anilines is 1. The Bertz CT molecular complexity index is 691. The molecule has 0 saturated carbocycles. The van der Waals surface area contributed by atoms with Crippen molar-refractivity contribution in [3.05, 3.63) is 56.0 Å². The summed E-state index contributed by atoms with van der Waals surface area (Å²) in [7, 11) is 0. The molecule has 0 saturated heterocycles. The molecule has 0 aliphatic rings. The summed E-state index contributed by atoms with van der Waals surface area (Å²) in [5.41, 5.74) is 3.97. The van der Waals surface area contributed by atoms with Crippen molar-refractivity contribution in [2.75, 3.05) is 11.9 Å². The van der Waals surface area contributed by atoms with Crippen LogP contribution >= 0.6 is 31.9 Å². The smallest absolute Gasteiger partial charge is 0.262 e. The van der Waals surface area contributed by atoms with E-state index in [1.54, 1.807) is 0 Å². The average molecular weight is 427 g/mol. The standard InChI is InChI=1S/C17H17Br2NO2/c1-10-4-5-15(11(2)6-10)20-16(21)9-22-17-12(3)7-13(18)8-14(17)19/h4-8H,9H2,1-3H3,(H,20,21). The molecule has 3 nitrogen and oxygen atoms in total. The number of rotatable bonds is 4. The molecule has 1 amide bonds. The zero-order valence-electron chi connectivity index (χ0n) is 12.7. The molecule has 0 bridgehead atoms. The number of carbonyl (C=O) groups is 1. The van der Waals surface area contributed by atoms with Crippen molar-refractivity contribution in [2.45, 2.75) is 20.8 Å². The molecule has 116 valence electrons. The first-order chi connectivity index (χ1) is 10.4. The van der Waals surface area contributed by atoms with Crippen molar-refractivity contribution < 1.29 is 9.53 Å². The van der Waals surface area contributed by atoms with E-state index in [1.807, 2.05) is 51.1 Å². The molecule has 0 aliphatic heterocycles. The summed E-state index contributed by atoms with van der Waals surface area (Å²) in [5.74, 6) is 0.500. The lowest BCUT2D eigenvalue weighted by Crippen LogP contribution is -2.21. The van der Waals surface area contributed by atoms with Crippen LogP contribution in [0.4, 0.5) is 5.69 Å². The Hall–Kier alpha value is -1.33. The molecule has 0 heterocycles. The van der Waals surface area contributed by atoms with Gasteiger partial charge in [-0.3, -0.25) is 4.79 Å². The lowest BCUT2D eigenvalue weighted by atomic mass is 10.1. The second-order valence-electron chi connectivity index (χ2n) is 5.19. The summed E-state index contributed by atoms with van der Waals surface area (Å²) in [6, 6.07) is 9.75. The fourth-order valence-electron chi connectivity index (χ4n) is 2.15. The van der Waals surface area contributed by atoms with Gasteiger partial charge in [0.05, 0.1) is 4.47 Å². The van der Waals surface area contributed by atoms with E-state index in [1.165, 1.54) is 5.56 Å². The van der Waals surface area contributed by atoms with Gasteiger partial charge in [-0.05, 0) is 66.0 Å². The van der Waals surface area contributed by atoms with Crippen LogP contribution in [0.2, 0.25) is 0 Å².